The highest BCUT2D eigenvalue weighted by Gasteiger charge is 2.22. The lowest BCUT2D eigenvalue weighted by Gasteiger charge is -2.05. The molecule has 0 fully saturated rings. The normalized spacial score (nSPS) is 11.6. The number of benzene rings is 1. The quantitative estimate of drug-likeness (QED) is 0.751. The Morgan fingerprint density at radius 1 is 1.16 bits per heavy atom. The molecule has 130 valence electrons. The molecule has 0 unspecified atom stereocenters. The highest BCUT2D eigenvalue weighted by molar-refractivity contribution is 7.89. The van der Waals surface area contributed by atoms with Crippen LogP contribution in [-0.2, 0) is 15.6 Å². The number of carbonyl (C=O) groups is 1. The van der Waals surface area contributed by atoms with E-state index >= 15 is 0 Å². The highest BCUT2D eigenvalue weighted by Crippen LogP contribution is 2.22. The van der Waals surface area contributed by atoms with Gasteiger partial charge in [-0.3, -0.25) is 4.79 Å². The summed E-state index contributed by atoms with van der Waals surface area (Å²) in [6.07, 6.45) is 1.09. The van der Waals surface area contributed by atoms with Gasteiger partial charge in [0.1, 0.15) is 11.5 Å². The fraction of sp³-hybridized carbons (Fsp3) is 0.188. The monoisotopic (exact) mass is 360 g/mol. The molecule has 3 aromatic rings. The molecule has 0 aliphatic heterocycles. The van der Waals surface area contributed by atoms with Crippen molar-refractivity contribution in [1.29, 1.82) is 0 Å². The predicted molar refractivity (Wildman–Crippen MR) is 91.6 cm³/mol. The maximum Gasteiger partial charge on any atom is 0.302 e. The number of sulfone groups is 1. The SMILES string of the molecule is Cc1ccc(-c2nnc(N)n2C(=O)c2ccc(CS(C)(=O)=O)o2)cc1. The predicted octanol–water partition coefficient (Wildman–Crippen LogP) is 1.66. The Morgan fingerprint density at radius 2 is 1.84 bits per heavy atom. The van der Waals surface area contributed by atoms with E-state index in [9.17, 15) is 13.2 Å². The number of nitrogens with two attached hydrogens (primary N) is 1. The van der Waals surface area contributed by atoms with Gasteiger partial charge in [0, 0.05) is 11.8 Å². The van der Waals surface area contributed by atoms with Crippen LogP contribution in [0.4, 0.5) is 5.95 Å². The topological polar surface area (TPSA) is 121 Å². The molecular formula is C16H16N4O4S. The van der Waals surface area contributed by atoms with Crippen molar-refractivity contribution in [2.24, 2.45) is 0 Å². The molecule has 3 rings (SSSR count). The first kappa shape index (κ1) is 16.9. The van der Waals surface area contributed by atoms with Crippen LogP contribution < -0.4 is 5.73 Å². The van der Waals surface area contributed by atoms with E-state index in [0.717, 1.165) is 16.4 Å². The van der Waals surface area contributed by atoms with Crippen LogP contribution in [0.25, 0.3) is 11.4 Å². The van der Waals surface area contributed by atoms with Crippen LogP contribution in [0.15, 0.2) is 40.8 Å². The van der Waals surface area contributed by atoms with E-state index in [1.54, 1.807) is 12.1 Å². The van der Waals surface area contributed by atoms with Gasteiger partial charge in [0.25, 0.3) is 0 Å². The molecule has 8 nitrogen and oxygen atoms in total. The van der Waals surface area contributed by atoms with Crippen molar-refractivity contribution in [3.05, 3.63) is 53.5 Å². The number of nitrogen functional groups attached to an aromatic ring is 1. The van der Waals surface area contributed by atoms with Gasteiger partial charge in [-0.1, -0.05) is 29.8 Å². The Hall–Kier alpha value is -2.94. The number of carbonyl (C=O) groups excluding carboxylic acids is 1. The first-order valence-corrected chi connectivity index (χ1v) is 9.40. The summed E-state index contributed by atoms with van der Waals surface area (Å²) in [6.45, 7) is 1.94. The van der Waals surface area contributed by atoms with Gasteiger partial charge in [-0.05, 0) is 19.1 Å². The molecule has 0 amide bonds. The zero-order valence-corrected chi connectivity index (χ0v) is 14.4. The van der Waals surface area contributed by atoms with Crippen molar-refractivity contribution in [2.45, 2.75) is 12.7 Å². The van der Waals surface area contributed by atoms with Crippen molar-refractivity contribution >= 4 is 21.7 Å². The number of furan rings is 1. The molecule has 0 atom stereocenters. The summed E-state index contributed by atoms with van der Waals surface area (Å²) < 4.78 is 29.2. The summed E-state index contributed by atoms with van der Waals surface area (Å²) in [4.78, 5) is 12.7. The zero-order valence-electron chi connectivity index (χ0n) is 13.6. The van der Waals surface area contributed by atoms with Crippen LogP contribution in [0.5, 0.6) is 0 Å². The van der Waals surface area contributed by atoms with E-state index in [0.29, 0.717) is 5.56 Å². The van der Waals surface area contributed by atoms with Gasteiger partial charge in [0.15, 0.2) is 21.4 Å². The van der Waals surface area contributed by atoms with E-state index in [2.05, 4.69) is 10.2 Å². The van der Waals surface area contributed by atoms with Crippen molar-refractivity contribution in [3.8, 4) is 11.4 Å². The smallest absolute Gasteiger partial charge is 0.302 e. The minimum absolute atomic E-state index is 0.0430. The Morgan fingerprint density at radius 3 is 2.48 bits per heavy atom. The zero-order chi connectivity index (χ0) is 18.2. The molecule has 9 heteroatoms. The van der Waals surface area contributed by atoms with Gasteiger partial charge in [0.2, 0.25) is 5.95 Å². The number of hydrogen-bond acceptors (Lipinski definition) is 7. The van der Waals surface area contributed by atoms with Crippen LogP contribution in [0.2, 0.25) is 0 Å². The number of nitrogens with zero attached hydrogens (tertiary/aromatic N) is 3. The van der Waals surface area contributed by atoms with Gasteiger partial charge >= 0.3 is 5.91 Å². The van der Waals surface area contributed by atoms with Gasteiger partial charge in [-0.2, -0.15) is 0 Å². The summed E-state index contributed by atoms with van der Waals surface area (Å²) >= 11 is 0. The number of hydrogen-bond donors (Lipinski definition) is 1. The fourth-order valence-corrected chi connectivity index (χ4v) is 3.00. The summed E-state index contributed by atoms with van der Waals surface area (Å²) in [7, 11) is -3.27. The lowest BCUT2D eigenvalue weighted by Crippen LogP contribution is -2.15. The lowest BCUT2D eigenvalue weighted by atomic mass is 10.1. The van der Waals surface area contributed by atoms with Gasteiger partial charge in [-0.25, -0.2) is 13.0 Å². The van der Waals surface area contributed by atoms with Crippen molar-refractivity contribution in [2.75, 3.05) is 12.0 Å². The minimum Gasteiger partial charge on any atom is -0.455 e. The van der Waals surface area contributed by atoms with E-state index in [4.69, 9.17) is 10.2 Å². The lowest BCUT2D eigenvalue weighted by molar-refractivity contribution is 0.0935. The van der Waals surface area contributed by atoms with Crippen LogP contribution in [0, 0.1) is 6.92 Å². The first-order valence-electron chi connectivity index (χ1n) is 7.33. The molecule has 25 heavy (non-hydrogen) atoms. The summed E-state index contributed by atoms with van der Waals surface area (Å²) in [5, 5.41) is 7.72. The standard InChI is InChI=1S/C16H16N4O4S/c1-10-3-5-11(6-4-10)14-18-19-16(17)20(14)15(21)13-8-7-12(24-13)9-25(2,22)23/h3-8H,9H2,1-2H3,(H2,17,19). The summed E-state index contributed by atoms with van der Waals surface area (Å²) in [5.41, 5.74) is 7.52. The number of anilines is 1. The average molecular weight is 360 g/mol. The Labute approximate surface area is 144 Å². The maximum absolute atomic E-state index is 12.7. The van der Waals surface area contributed by atoms with Crippen LogP contribution in [0.1, 0.15) is 21.9 Å². The molecule has 0 radical (unpaired) electrons. The third-order valence-corrected chi connectivity index (χ3v) is 4.29. The van der Waals surface area contributed by atoms with E-state index in [-0.39, 0.29) is 29.0 Å². The number of aryl methyl sites for hydroxylation is 1. The van der Waals surface area contributed by atoms with Gasteiger partial charge in [0.05, 0.1) is 0 Å². The summed E-state index contributed by atoms with van der Waals surface area (Å²) in [6, 6.07) is 10.2. The van der Waals surface area contributed by atoms with E-state index < -0.39 is 15.7 Å². The molecule has 2 heterocycles. The van der Waals surface area contributed by atoms with Crippen LogP contribution >= 0.6 is 0 Å². The second-order valence-electron chi connectivity index (χ2n) is 5.72. The third-order valence-electron chi connectivity index (χ3n) is 3.48. The minimum atomic E-state index is -3.27. The molecule has 0 saturated carbocycles. The molecule has 0 bridgehead atoms. The molecule has 1 aromatic carbocycles. The van der Waals surface area contributed by atoms with Crippen molar-refractivity contribution < 1.29 is 17.6 Å². The molecule has 0 aliphatic rings. The number of rotatable bonds is 4. The Kier molecular flexibility index (Phi) is 4.17. The highest BCUT2D eigenvalue weighted by atomic mass is 32.2. The molecule has 0 aliphatic carbocycles. The van der Waals surface area contributed by atoms with Crippen LogP contribution in [0.3, 0.4) is 0 Å². The third kappa shape index (κ3) is 3.61. The fourth-order valence-electron chi connectivity index (χ4n) is 2.33. The largest absolute Gasteiger partial charge is 0.455 e. The average Bonchev–Trinajstić information content (AvgIpc) is 3.13. The number of aromatic nitrogens is 3. The van der Waals surface area contributed by atoms with Gasteiger partial charge < -0.3 is 10.2 Å². The molecule has 2 aromatic heterocycles. The van der Waals surface area contributed by atoms with Gasteiger partial charge in [-0.15, -0.1) is 10.2 Å². The molecular weight excluding hydrogens is 344 g/mol. The second kappa shape index (κ2) is 6.17. The molecule has 2 N–H and O–H groups in total. The second-order valence-corrected chi connectivity index (χ2v) is 7.86. The van der Waals surface area contributed by atoms with E-state index in [1.165, 1.54) is 12.1 Å². The Balaban J connectivity index is 1.98. The summed E-state index contributed by atoms with van der Waals surface area (Å²) in [5.74, 6) is -0.529. The molecule has 0 spiro atoms. The molecule has 0 saturated heterocycles. The Bertz CT molecular complexity index is 1030. The van der Waals surface area contributed by atoms with Crippen LogP contribution in [-0.4, -0.2) is 35.3 Å². The van der Waals surface area contributed by atoms with Crippen molar-refractivity contribution in [3.63, 3.8) is 0 Å². The first-order chi connectivity index (χ1) is 11.7. The maximum atomic E-state index is 12.7. The van der Waals surface area contributed by atoms with E-state index in [1.807, 2.05) is 19.1 Å². The van der Waals surface area contributed by atoms with Crippen molar-refractivity contribution in [1.82, 2.24) is 14.8 Å².